The molecule has 1 heterocycles. The highest BCUT2D eigenvalue weighted by Gasteiger charge is 2.19. The topological polar surface area (TPSA) is 73.4 Å². The summed E-state index contributed by atoms with van der Waals surface area (Å²) in [6.45, 7) is 2.35. The smallest absolute Gasteiger partial charge is 0.274 e. The van der Waals surface area contributed by atoms with Gasteiger partial charge in [0.15, 0.2) is 5.69 Å². The van der Waals surface area contributed by atoms with E-state index < -0.39 is 0 Å². The summed E-state index contributed by atoms with van der Waals surface area (Å²) in [6, 6.07) is 1.60. The van der Waals surface area contributed by atoms with Gasteiger partial charge in [0, 0.05) is 32.6 Å². The van der Waals surface area contributed by atoms with Crippen LogP contribution < -0.4 is 10.5 Å². The van der Waals surface area contributed by atoms with Crippen molar-refractivity contribution in [1.29, 1.82) is 0 Å². The molecule has 0 radical (unpaired) electrons. The van der Waals surface area contributed by atoms with Gasteiger partial charge >= 0.3 is 0 Å². The van der Waals surface area contributed by atoms with Gasteiger partial charge in [-0.2, -0.15) is 5.10 Å². The molecule has 0 fully saturated rings. The number of nitrogens with two attached hydrogens (primary N) is 1. The Morgan fingerprint density at radius 3 is 2.78 bits per heavy atom. The average molecular weight is 270 g/mol. The van der Waals surface area contributed by atoms with Crippen LogP contribution in [0.2, 0.25) is 0 Å². The predicted octanol–water partition coefficient (Wildman–Crippen LogP) is 0.423. The van der Waals surface area contributed by atoms with E-state index in [-0.39, 0.29) is 11.8 Å². The molecule has 6 nitrogen and oxygen atoms in total. The van der Waals surface area contributed by atoms with Crippen molar-refractivity contribution in [1.82, 2.24) is 14.7 Å². The van der Waals surface area contributed by atoms with Crippen molar-refractivity contribution in [2.24, 2.45) is 18.7 Å². The molecule has 1 aromatic heterocycles. The summed E-state index contributed by atoms with van der Waals surface area (Å²) < 4.78 is 6.58. The zero-order valence-corrected chi connectivity index (χ0v) is 11.8. The van der Waals surface area contributed by atoms with Gasteiger partial charge in [-0.1, -0.05) is 19.1 Å². The van der Waals surface area contributed by atoms with Crippen LogP contribution in [0.1, 0.15) is 17.4 Å². The van der Waals surface area contributed by atoms with E-state index in [0.717, 1.165) is 0 Å². The lowest BCUT2D eigenvalue weighted by Crippen LogP contribution is -2.35. The molecule has 0 aromatic carbocycles. The van der Waals surface area contributed by atoms with Crippen molar-refractivity contribution >= 4 is 23.1 Å². The summed E-state index contributed by atoms with van der Waals surface area (Å²) in [5.41, 5.74) is 5.87. The van der Waals surface area contributed by atoms with Crippen molar-refractivity contribution in [2.75, 3.05) is 20.7 Å². The molecule has 1 unspecified atom stereocenters. The van der Waals surface area contributed by atoms with E-state index in [2.05, 4.69) is 5.10 Å². The first-order valence-corrected chi connectivity index (χ1v) is 5.90. The number of aromatic nitrogens is 2. The fourth-order valence-corrected chi connectivity index (χ4v) is 1.60. The summed E-state index contributed by atoms with van der Waals surface area (Å²) in [4.78, 5) is 14.0. The highest BCUT2D eigenvalue weighted by atomic mass is 32.1. The maximum absolute atomic E-state index is 12.1. The van der Waals surface area contributed by atoms with E-state index in [1.54, 1.807) is 25.1 Å². The Kier molecular flexibility index (Phi) is 4.66. The van der Waals surface area contributed by atoms with Gasteiger partial charge in [0.05, 0.1) is 12.1 Å². The molecule has 0 saturated heterocycles. The van der Waals surface area contributed by atoms with Crippen LogP contribution in [0.5, 0.6) is 5.88 Å². The SMILES string of the molecule is COc1cc(C(=O)N(C)CC(C)C(N)=S)nn1C. The molecule has 1 atom stereocenters. The maximum Gasteiger partial charge on any atom is 0.274 e. The van der Waals surface area contributed by atoms with Gasteiger partial charge in [0.2, 0.25) is 5.88 Å². The summed E-state index contributed by atoms with van der Waals surface area (Å²) in [6.07, 6.45) is 0. The van der Waals surface area contributed by atoms with Crippen molar-refractivity contribution in [3.05, 3.63) is 11.8 Å². The normalized spacial score (nSPS) is 12.0. The highest BCUT2D eigenvalue weighted by molar-refractivity contribution is 7.80. The monoisotopic (exact) mass is 270 g/mol. The quantitative estimate of drug-likeness (QED) is 0.785. The van der Waals surface area contributed by atoms with Crippen LogP contribution >= 0.6 is 12.2 Å². The number of hydrogen-bond acceptors (Lipinski definition) is 4. The molecule has 0 aliphatic carbocycles. The molecular formula is C11H18N4O2S. The van der Waals surface area contributed by atoms with E-state index in [9.17, 15) is 4.79 Å². The molecule has 0 aliphatic rings. The first-order chi connectivity index (χ1) is 8.36. The molecule has 1 rings (SSSR count). The fraction of sp³-hybridized carbons (Fsp3) is 0.545. The Labute approximate surface area is 112 Å². The van der Waals surface area contributed by atoms with Gasteiger partial charge in [0.1, 0.15) is 0 Å². The van der Waals surface area contributed by atoms with Gasteiger partial charge in [-0.3, -0.25) is 4.79 Å². The Morgan fingerprint density at radius 1 is 1.72 bits per heavy atom. The molecule has 0 saturated carbocycles. The van der Waals surface area contributed by atoms with Crippen LogP contribution in [-0.4, -0.2) is 46.3 Å². The largest absolute Gasteiger partial charge is 0.481 e. The molecule has 7 heteroatoms. The molecule has 0 spiro atoms. The number of carbonyl (C=O) groups excluding carboxylic acids is 1. The number of carbonyl (C=O) groups is 1. The molecule has 18 heavy (non-hydrogen) atoms. The second kappa shape index (κ2) is 5.81. The van der Waals surface area contributed by atoms with Crippen molar-refractivity contribution in [3.8, 4) is 5.88 Å². The van der Waals surface area contributed by atoms with Crippen LogP contribution in [0, 0.1) is 5.92 Å². The van der Waals surface area contributed by atoms with Crippen LogP contribution in [0.4, 0.5) is 0 Å². The minimum Gasteiger partial charge on any atom is -0.481 e. The Morgan fingerprint density at radius 2 is 2.33 bits per heavy atom. The minimum absolute atomic E-state index is 0.0282. The minimum atomic E-state index is -0.183. The standard InChI is InChI=1S/C11H18N4O2S/c1-7(10(12)18)6-14(2)11(16)8-5-9(17-4)15(3)13-8/h5,7H,6H2,1-4H3,(H2,12,18). The van der Waals surface area contributed by atoms with E-state index in [0.29, 0.717) is 23.1 Å². The van der Waals surface area contributed by atoms with Gasteiger partial charge in [-0.25, -0.2) is 4.68 Å². The first-order valence-electron chi connectivity index (χ1n) is 5.49. The van der Waals surface area contributed by atoms with E-state index in [1.165, 1.54) is 11.8 Å². The lowest BCUT2D eigenvalue weighted by atomic mass is 10.1. The van der Waals surface area contributed by atoms with Crippen LogP contribution in [0.15, 0.2) is 6.07 Å². The molecular weight excluding hydrogens is 252 g/mol. The Balaban J connectivity index is 2.77. The Hall–Kier alpha value is -1.63. The van der Waals surface area contributed by atoms with Gasteiger partial charge in [-0.15, -0.1) is 0 Å². The number of methoxy groups -OCH3 is 1. The average Bonchev–Trinajstić information content (AvgIpc) is 2.69. The summed E-state index contributed by atoms with van der Waals surface area (Å²) in [7, 11) is 4.94. The second-order valence-electron chi connectivity index (χ2n) is 4.18. The molecule has 1 amide bonds. The molecule has 0 bridgehead atoms. The zero-order valence-electron chi connectivity index (χ0n) is 11.0. The number of aryl methyl sites for hydroxylation is 1. The maximum atomic E-state index is 12.1. The fourth-order valence-electron chi connectivity index (χ4n) is 1.52. The number of hydrogen-bond donors (Lipinski definition) is 1. The van der Waals surface area contributed by atoms with Gasteiger partial charge < -0.3 is 15.4 Å². The number of thiocarbonyl (C=S) groups is 1. The lowest BCUT2D eigenvalue weighted by Gasteiger charge is -2.19. The van der Waals surface area contributed by atoms with Crippen molar-refractivity contribution in [2.45, 2.75) is 6.92 Å². The highest BCUT2D eigenvalue weighted by Crippen LogP contribution is 2.13. The molecule has 100 valence electrons. The Bertz CT molecular complexity index is 458. The predicted molar refractivity (Wildman–Crippen MR) is 72.7 cm³/mol. The van der Waals surface area contributed by atoms with Gasteiger partial charge in [-0.05, 0) is 0 Å². The molecule has 2 N–H and O–H groups in total. The zero-order chi connectivity index (χ0) is 13.9. The number of rotatable bonds is 5. The third kappa shape index (κ3) is 3.19. The third-order valence-corrected chi connectivity index (χ3v) is 3.05. The van der Waals surface area contributed by atoms with E-state index in [4.69, 9.17) is 22.7 Å². The first kappa shape index (κ1) is 14.4. The van der Waals surface area contributed by atoms with Crippen molar-refractivity contribution in [3.63, 3.8) is 0 Å². The lowest BCUT2D eigenvalue weighted by molar-refractivity contribution is 0.0780. The van der Waals surface area contributed by atoms with Crippen LogP contribution in [0.25, 0.3) is 0 Å². The molecule has 1 aromatic rings. The summed E-state index contributed by atoms with van der Waals surface area (Å²) in [5, 5.41) is 4.09. The van der Waals surface area contributed by atoms with Crippen molar-refractivity contribution < 1.29 is 9.53 Å². The number of nitrogens with zero attached hydrogens (tertiary/aromatic N) is 3. The van der Waals surface area contributed by atoms with E-state index in [1.807, 2.05) is 6.92 Å². The number of amides is 1. The number of ether oxygens (including phenoxy) is 1. The van der Waals surface area contributed by atoms with Crippen LogP contribution in [-0.2, 0) is 7.05 Å². The summed E-state index contributed by atoms with van der Waals surface area (Å²) in [5.74, 6) is 0.325. The van der Waals surface area contributed by atoms with Crippen LogP contribution in [0.3, 0.4) is 0 Å². The van der Waals surface area contributed by atoms with E-state index >= 15 is 0 Å². The second-order valence-corrected chi connectivity index (χ2v) is 4.66. The third-order valence-electron chi connectivity index (χ3n) is 2.65. The van der Waals surface area contributed by atoms with Gasteiger partial charge in [0.25, 0.3) is 5.91 Å². The molecule has 0 aliphatic heterocycles. The summed E-state index contributed by atoms with van der Waals surface area (Å²) >= 11 is 4.88.